The summed E-state index contributed by atoms with van der Waals surface area (Å²) in [6.07, 6.45) is 4.52. The van der Waals surface area contributed by atoms with Crippen molar-refractivity contribution >= 4 is 35.0 Å². The maximum Gasteiger partial charge on any atom is 0.341 e. The van der Waals surface area contributed by atoms with Gasteiger partial charge >= 0.3 is 5.97 Å². The van der Waals surface area contributed by atoms with Gasteiger partial charge < -0.3 is 14.6 Å². The van der Waals surface area contributed by atoms with Gasteiger partial charge in [0.1, 0.15) is 17.1 Å². The first-order chi connectivity index (χ1) is 13.8. The van der Waals surface area contributed by atoms with E-state index in [0.29, 0.717) is 18.5 Å². The molecule has 1 aromatic carbocycles. The van der Waals surface area contributed by atoms with E-state index in [-0.39, 0.29) is 41.2 Å². The summed E-state index contributed by atoms with van der Waals surface area (Å²) in [6.45, 7) is 2.70. The first kappa shape index (κ1) is 21.1. The number of anilines is 1. The van der Waals surface area contributed by atoms with E-state index in [2.05, 4.69) is 11.8 Å². The number of pyridine rings is 1. The molecule has 3 saturated heterocycles. The number of hydrogen-bond acceptors (Lipinski definition) is 4. The second kappa shape index (κ2) is 7.20. The summed E-state index contributed by atoms with van der Waals surface area (Å²) in [5.41, 5.74) is -1.40. The van der Waals surface area contributed by atoms with Gasteiger partial charge in [0.05, 0.1) is 17.1 Å². The number of carboxylic acids is 1. The van der Waals surface area contributed by atoms with Crippen LogP contribution in [0, 0.1) is 17.6 Å². The van der Waals surface area contributed by atoms with Gasteiger partial charge in [0.2, 0.25) is 5.43 Å². The second-order valence-electron chi connectivity index (χ2n) is 8.61. The number of fused-ring (bicyclic) bond motifs is 4. The minimum atomic E-state index is -1.39. The molecule has 3 atom stereocenters. The van der Waals surface area contributed by atoms with Crippen molar-refractivity contribution in [3.63, 3.8) is 0 Å². The third-order valence-electron chi connectivity index (χ3n) is 7.02. The Morgan fingerprint density at radius 1 is 1.20 bits per heavy atom. The largest absolute Gasteiger partial charge is 0.477 e. The van der Waals surface area contributed by atoms with Crippen molar-refractivity contribution < 1.29 is 18.7 Å². The van der Waals surface area contributed by atoms with Crippen LogP contribution in [-0.2, 0) is 0 Å². The van der Waals surface area contributed by atoms with Gasteiger partial charge in [-0.25, -0.2) is 13.6 Å². The highest BCUT2D eigenvalue weighted by molar-refractivity contribution is 5.94. The average Bonchev–Trinajstić information content (AvgIpc) is 3.51. The molecule has 4 aliphatic rings. The number of carboxylic acid groups (broad SMARTS) is 1. The van der Waals surface area contributed by atoms with E-state index in [4.69, 9.17) is 0 Å². The molecule has 2 aromatic rings. The summed E-state index contributed by atoms with van der Waals surface area (Å²) < 4.78 is 32.5. The fraction of sp³-hybridized carbons (Fsp3) is 0.524. The maximum atomic E-state index is 15.8. The Labute approximate surface area is 178 Å². The Hall–Kier alpha value is -2.19. The van der Waals surface area contributed by atoms with Crippen molar-refractivity contribution in [1.82, 2.24) is 9.47 Å². The third-order valence-corrected chi connectivity index (χ3v) is 7.02. The third kappa shape index (κ3) is 2.92. The van der Waals surface area contributed by atoms with Gasteiger partial charge in [-0.3, -0.25) is 9.69 Å². The minimum Gasteiger partial charge on any atom is -0.477 e. The molecule has 4 heterocycles. The average molecular weight is 440 g/mol. The molecule has 0 amide bonds. The fourth-order valence-corrected chi connectivity index (χ4v) is 5.13. The summed E-state index contributed by atoms with van der Waals surface area (Å²) in [7, 11) is 1.98. The molecular formula is C21H24ClF2N3O3. The quantitative estimate of drug-likeness (QED) is 0.791. The Morgan fingerprint density at radius 2 is 1.90 bits per heavy atom. The second-order valence-corrected chi connectivity index (χ2v) is 8.61. The molecule has 162 valence electrons. The van der Waals surface area contributed by atoms with Crippen molar-refractivity contribution in [2.45, 2.75) is 50.9 Å². The van der Waals surface area contributed by atoms with Crippen LogP contribution in [0.1, 0.15) is 49.0 Å². The molecule has 4 fully saturated rings. The molecule has 0 spiro atoms. The lowest BCUT2D eigenvalue weighted by Gasteiger charge is -2.55. The summed E-state index contributed by atoms with van der Waals surface area (Å²) in [5.74, 6) is -2.65. The zero-order chi connectivity index (χ0) is 20.6. The number of carbonyl (C=O) groups is 1. The van der Waals surface area contributed by atoms with Crippen LogP contribution in [0.3, 0.4) is 0 Å². The van der Waals surface area contributed by atoms with E-state index >= 15 is 8.78 Å². The van der Waals surface area contributed by atoms with Gasteiger partial charge in [0.15, 0.2) is 5.82 Å². The van der Waals surface area contributed by atoms with Crippen molar-refractivity contribution in [1.29, 1.82) is 0 Å². The molecule has 9 heteroatoms. The van der Waals surface area contributed by atoms with Crippen molar-refractivity contribution in [3.05, 3.63) is 39.7 Å². The Bertz CT molecular complexity index is 1100. The van der Waals surface area contributed by atoms with Crippen LogP contribution in [0.4, 0.5) is 14.5 Å². The number of piperidine rings is 2. The molecule has 1 aromatic heterocycles. The van der Waals surface area contributed by atoms with E-state index in [9.17, 15) is 14.7 Å². The molecule has 1 aliphatic carbocycles. The summed E-state index contributed by atoms with van der Waals surface area (Å²) in [6, 6.07) is 1.30. The highest BCUT2D eigenvalue weighted by atomic mass is 35.5. The molecule has 30 heavy (non-hydrogen) atoms. The van der Waals surface area contributed by atoms with Gasteiger partial charge in [-0.05, 0) is 51.6 Å². The number of nitrogens with zero attached hydrogens (tertiary/aromatic N) is 3. The minimum absolute atomic E-state index is 0. The molecule has 6 nitrogen and oxygen atoms in total. The number of aromatic carboxylic acids is 1. The maximum absolute atomic E-state index is 15.8. The molecular weight excluding hydrogens is 416 g/mol. The van der Waals surface area contributed by atoms with Crippen LogP contribution in [0.25, 0.3) is 10.9 Å². The number of rotatable bonds is 3. The predicted molar refractivity (Wildman–Crippen MR) is 112 cm³/mol. The normalized spacial score (nSPS) is 26.1. The van der Waals surface area contributed by atoms with Gasteiger partial charge in [0.25, 0.3) is 0 Å². The lowest BCUT2D eigenvalue weighted by molar-refractivity contribution is 0.0332. The molecule has 3 unspecified atom stereocenters. The van der Waals surface area contributed by atoms with Crippen LogP contribution in [-0.4, -0.2) is 46.3 Å². The van der Waals surface area contributed by atoms with Crippen LogP contribution in [0.2, 0.25) is 0 Å². The van der Waals surface area contributed by atoms with Crippen molar-refractivity contribution in [2.24, 2.45) is 5.92 Å². The molecule has 1 N–H and O–H groups in total. The summed E-state index contributed by atoms with van der Waals surface area (Å²) >= 11 is 0. The lowest BCUT2D eigenvalue weighted by Crippen LogP contribution is -2.64. The van der Waals surface area contributed by atoms with Crippen molar-refractivity contribution in [2.75, 3.05) is 18.5 Å². The summed E-state index contributed by atoms with van der Waals surface area (Å²) in [4.78, 5) is 28.1. The molecule has 2 bridgehead atoms. The van der Waals surface area contributed by atoms with Gasteiger partial charge in [0, 0.05) is 24.8 Å². The van der Waals surface area contributed by atoms with E-state index in [1.54, 1.807) is 4.90 Å². The Kier molecular flexibility index (Phi) is 5.05. The molecule has 1 saturated carbocycles. The fourth-order valence-electron chi connectivity index (χ4n) is 5.13. The highest BCUT2D eigenvalue weighted by Crippen LogP contribution is 2.43. The van der Waals surface area contributed by atoms with Crippen molar-refractivity contribution in [3.8, 4) is 0 Å². The number of benzene rings is 1. The SMILES string of the molecule is CC1C2CCC(N(c3c(F)cc4c(=O)c(C(=O)O)cn(C5CC5)c4c3F)C2)N1C.Cl. The van der Waals surface area contributed by atoms with E-state index in [0.717, 1.165) is 31.7 Å². The topological polar surface area (TPSA) is 65.8 Å². The summed E-state index contributed by atoms with van der Waals surface area (Å²) in [5, 5.41) is 9.15. The lowest BCUT2D eigenvalue weighted by atomic mass is 9.83. The zero-order valence-electron chi connectivity index (χ0n) is 16.8. The van der Waals surface area contributed by atoms with E-state index in [1.165, 1.54) is 10.8 Å². The number of halogens is 3. The van der Waals surface area contributed by atoms with Crippen LogP contribution in [0.5, 0.6) is 0 Å². The van der Waals surface area contributed by atoms with E-state index < -0.39 is 28.6 Å². The number of aromatic nitrogens is 1. The van der Waals surface area contributed by atoms with Crippen LogP contribution >= 0.6 is 12.4 Å². The smallest absolute Gasteiger partial charge is 0.341 e. The van der Waals surface area contributed by atoms with Gasteiger partial charge in [-0.15, -0.1) is 12.4 Å². The number of hydrogen-bond donors (Lipinski definition) is 1. The Morgan fingerprint density at radius 3 is 2.50 bits per heavy atom. The standard InChI is InChI=1S/C21H23F2N3O3.ClH/c1-10-11-3-6-16(24(10)2)26(8-11)19-15(22)7-13-18(17(19)23)25(12-4-5-12)9-14(20(13)27)21(28)29;/h7,9-12,16H,3-6,8H2,1-2H3,(H,28,29);1H. The molecule has 0 radical (unpaired) electrons. The monoisotopic (exact) mass is 439 g/mol. The molecule has 6 rings (SSSR count). The van der Waals surface area contributed by atoms with Crippen LogP contribution < -0.4 is 10.3 Å². The first-order valence-corrected chi connectivity index (χ1v) is 10.1. The Balaban J connectivity index is 0.00000218. The molecule has 3 aliphatic heterocycles. The zero-order valence-corrected chi connectivity index (χ0v) is 17.6. The van der Waals surface area contributed by atoms with Gasteiger partial charge in [-0.2, -0.15) is 0 Å². The highest BCUT2D eigenvalue weighted by Gasteiger charge is 2.44. The van der Waals surface area contributed by atoms with E-state index in [1.807, 2.05) is 7.05 Å². The van der Waals surface area contributed by atoms with Gasteiger partial charge in [-0.1, -0.05) is 0 Å². The van der Waals surface area contributed by atoms with Crippen LogP contribution in [0.15, 0.2) is 17.1 Å². The predicted octanol–water partition coefficient (Wildman–Crippen LogP) is 3.61. The first-order valence-electron chi connectivity index (χ1n) is 10.1.